The van der Waals surface area contributed by atoms with E-state index in [-0.39, 0.29) is 29.6 Å². The molecule has 1 aromatic heterocycles. The Kier molecular flexibility index (Phi) is 5.15. The molecule has 27 heavy (non-hydrogen) atoms. The minimum absolute atomic E-state index is 0.0678. The van der Waals surface area contributed by atoms with Crippen LogP contribution in [0.2, 0.25) is 5.02 Å². The number of nitrogens with zero attached hydrogens (tertiary/aromatic N) is 2. The Morgan fingerprint density at radius 3 is 2.59 bits per heavy atom. The van der Waals surface area contributed by atoms with Crippen LogP contribution in [0.4, 0.5) is 0 Å². The number of sulfone groups is 1. The van der Waals surface area contributed by atoms with Gasteiger partial charge in [-0.3, -0.25) is 4.79 Å². The van der Waals surface area contributed by atoms with Gasteiger partial charge in [-0.25, -0.2) is 13.4 Å². The third-order valence-corrected chi connectivity index (χ3v) is 8.90. The molecule has 140 valence electrons. The van der Waals surface area contributed by atoms with Gasteiger partial charge in [0.1, 0.15) is 5.25 Å². The van der Waals surface area contributed by atoms with E-state index in [0.29, 0.717) is 5.02 Å². The molecule has 0 aliphatic carbocycles. The van der Waals surface area contributed by atoms with Crippen LogP contribution in [0.25, 0.3) is 10.2 Å². The fourth-order valence-electron chi connectivity index (χ4n) is 2.78. The number of thiazole rings is 1. The molecule has 4 rings (SSSR count). The third-order valence-electron chi connectivity index (χ3n) is 4.38. The molecule has 1 aliphatic heterocycles. The topological polar surface area (TPSA) is 67.3 Å². The second-order valence-corrected chi connectivity index (χ2v) is 11.1. The highest BCUT2D eigenvalue weighted by Gasteiger charge is 2.40. The normalized spacial score (nSPS) is 15.1. The molecular weight excluding hydrogens is 424 g/mol. The molecule has 0 atom stereocenters. The first kappa shape index (κ1) is 18.7. The van der Waals surface area contributed by atoms with Crippen LogP contribution in [0, 0.1) is 0 Å². The Bertz CT molecular complexity index is 1060. The smallest absolute Gasteiger partial charge is 0.233 e. The Balaban J connectivity index is 1.33. The number of hydrogen-bond donors (Lipinski definition) is 0. The van der Waals surface area contributed by atoms with Gasteiger partial charge in [-0.1, -0.05) is 35.5 Å². The maximum atomic E-state index is 12.6. The summed E-state index contributed by atoms with van der Waals surface area (Å²) in [6, 6.07) is 14.0. The first-order valence-electron chi connectivity index (χ1n) is 8.19. The lowest BCUT2D eigenvalue weighted by Gasteiger charge is -2.38. The molecule has 1 fully saturated rings. The highest BCUT2D eigenvalue weighted by Crippen LogP contribution is 2.30. The molecule has 0 radical (unpaired) electrons. The summed E-state index contributed by atoms with van der Waals surface area (Å²) in [6.45, 7) is 0.453. The molecular formula is C18H15ClN2O3S3. The Morgan fingerprint density at radius 1 is 1.19 bits per heavy atom. The van der Waals surface area contributed by atoms with Crippen molar-refractivity contribution in [3.05, 3.63) is 53.6 Å². The SMILES string of the molecule is O=C(CSc1nc2ccccc2s1)N1CC(S(=O)(=O)c2ccc(Cl)cc2)C1. The van der Waals surface area contributed by atoms with Crippen molar-refractivity contribution in [2.75, 3.05) is 18.8 Å². The zero-order valence-corrected chi connectivity index (χ0v) is 17.2. The van der Waals surface area contributed by atoms with Crippen LogP contribution in [0.5, 0.6) is 0 Å². The van der Waals surface area contributed by atoms with Crippen LogP contribution < -0.4 is 0 Å². The van der Waals surface area contributed by atoms with E-state index in [1.165, 1.54) is 23.9 Å². The predicted molar refractivity (Wildman–Crippen MR) is 109 cm³/mol. The fourth-order valence-corrected chi connectivity index (χ4v) is 6.53. The summed E-state index contributed by atoms with van der Waals surface area (Å²) in [6.07, 6.45) is 0. The summed E-state index contributed by atoms with van der Waals surface area (Å²) < 4.78 is 27.1. The molecule has 0 bridgehead atoms. The van der Waals surface area contributed by atoms with Gasteiger partial charge in [0.15, 0.2) is 14.2 Å². The van der Waals surface area contributed by atoms with Gasteiger partial charge in [-0.15, -0.1) is 11.3 Å². The second kappa shape index (κ2) is 7.43. The number of rotatable bonds is 5. The van der Waals surface area contributed by atoms with Crippen LogP contribution in [0.3, 0.4) is 0 Å². The number of fused-ring (bicyclic) bond motifs is 1. The van der Waals surface area contributed by atoms with E-state index in [2.05, 4.69) is 4.98 Å². The maximum absolute atomic E-state index is 12.6. The highest BCUT2D eigenvalue weighted by molar-refractivity contribution is 8.01. The number of hydrogen-bond acceptors (Lipinski definition) is 6. The second-order valence-electron chi connectivity index (χ2n) is 6.16. The highest BCUT2D eigenvalue weighted by atomic mass is 35.5. The third kappa shape index (κ3) is 3.85. The number of para-hydroxylation sites is 1. The number of amides is 1. The summed E-state index contributed by atoms with van der Waals surface area (Å²) in [5, 5.41) is -0.0682. The van der Waals surface area contributed by atoms with E-state index in [4.69, 9.17) is 11.6 Å². The molecule has 0 spiro atoms. The van der Waals surface area contributed by atoms with Gasteiger partial charge in [-0.2, -0.15) is 0 Å². The lowest BCUT2D eigenvalue weighted by atomic mass is 10.2. The quantitative estimate of drug-likeness (QED) is 0.568. The van der Waals surface area contributed by atoms with Crippen molar-refractivity contribution >= 4 is 60.7 Å². The standard InChI is InChI=1S/C18H15ClN2O3S3/c19-12-5-7-13(8-6-12)27(23,24)14-9-21(10-14)17(22)11-25-18-20-15-3-1-2-4-16(15)26-18/h1-8,14H,9-11H2. The zero-order valence-electron chi connectivity index (χ0n) is 14.0. The molecule has 2 aromatic carbocycles. The molecule has 5 nitrogen and oxygen atoms in total. The van der Waals surface area contributed by atoms with Gasteiger partial charge < -0.3 is 4.90 Å². The van der Waals surface area contributed by atoms with Crippen LogP contribution >= 0.6 is 34.7 Å². The van der Waals surface area contributed by atoms with Crippen molar-refractivity contribution in [3.63, 3.8) is 0 Å². The summed E-state index contributed by atoms with van der Waals surface area (Å²) in [7, 11) is -3.44. The molecule has 2 heterocycles. The van der Waals surface area contributed by atoms with Gasteiger partial charge in [0.05, 0.1) is 20.9 Å². The molecule has 3 aromatic rings. The predicted octanol–water partition coefficient (Wildman–Crippen LogP) is 3.73. The van der Waals surface area contributed by atoms with Crippen molar-refractivity contribution < 1.29 is 13.2 Å². The van der Waals surface area contributed by atoms with Crippen molar-refractivity contribution in [3.8, 4) is 0 Å². The number of halogens is 1. The van der Waals surface area contributed by atoms with E-state index >= 15 is 0 Å². The number of thioether (sulfide) groups is 1. The van der Waals surface area contributed by atoms with Crippen LogP contribution in [0.15, 0.2) is 57.8 Å². The van der Waals surface area contributed by atoms with Crippen LogP contribution in [-0.4, -0.2) is 48.3 Å². The summed E-state index contributed by atoms with van der Waals surface area (Å²) in [4.78, 5) is 18.7. The molecule has 9 heteroatoms. The molecule has 0 unspecified atom stereocenters. The Hall–Kier alpha value is -1.61. The summed E-state index contributed by atoms with van der Waals surface area (Å²) >= 11 is 8.76. The van der Waals surface area contributed by atoms with E-state index in [0.717, 1.165) is 14.6 Å². The average molecular weight is 439 g/mol. The van der Waals surface area contributed by atoms with E-state index in [1.807, 2.05) is 24.3 Å². The van der Waals surface area contributed by atoms with Gasteiger partial charge in [-0.05, 0) is 36.4 Å². The van der Waals surface area contributed by atoms with Crippen molar-refractivity contribution in [1.29, 1.82) is 0 Å². The lowest BCUT2D eigenvalue weighted by molar-refractivity contribution is -0.131. The van der Waals surface area contributed by atoms with Gasteiger partial charge in [0.25, 0.3) is 0 Å². The Labute approximate surface area is 170 Å². The van der Waals surface area contributed by atoms with E-state index in [1.54, 1.807) is 28.4 Å². The number of likely N-dealkylation sites (tertiary alicyclic amines) is 1. The summed E-state index contributed by atoms with van der Waals surface area (Å²) in [5.41, 5.74) is 0.926. The van der Waals surface area contributed by atoms with Gasteiger partial charge >= 0.3 is 0 Å². The molecule has 1 amide bonds. The fraction of sp³-hybridized carbons (Fsp3) is 0.222. The minimum Gasteiger partial charge on any atom is -0.339 e. The maximum Gasteiger partial charge on any atom is 0.233 e. The number of benzene rings is 2. The molecule has 1 saturated heterocycles. The van der Waals surface area contributed by atoms with Crippen LogP contribution in [-0.2, 0) is 14.6 Å². The van der Waals surface area contributed by atoms with E-state index < -0.39 is 15.1 Å². The van der Waals surface area contributed by atoms with Crippen LogP contribution in [0.1, 0.15) is 0 Å². The molecule has 0 saturated carbocycles. The molecule has 1 aliphatic rings. The van der Waals surface area contributed by atoms with E-state index in [9.17, 15) is 13.2 Å². The molecule has 0 N–H and O–H groups in total. The van der Waals surface area contributed by atoms with Crippen molar-refractivity contribution in [1.82, 2.24) is 9.88 Å². The van der Waals surface area contributed by atoms with Crippen molar-refractivity contribution in [2.24, 2.45) is 0 Å². The van der Waals surface area contributed by atoms with Gasteiger partial charge in [0.2, 0.25) is 5.91 Å². The largest absolute Gasteiger partial charge is 0.339 e. The average Bonchev–Trinajstić information content (AvgIpc) is 3.02. The first-order valence-corrected chi connectivity index (χ1v) is 11.9. The zero-order chi connectivity index (χ0) is 19.0. The minimum atomic E-state index is -3.44. The van der Waals surface area contributed by atoms with Gasteiger partial charge in [0, 0.05) is 18.1 Å². The first-order chi connectivity index (χ1) is 12.9. The number of carbonyl (C=O) groups is 1. The lowest BCUT2D eigenvalue weighted by Crippen LogP contribution is -2.57. The van der Waals surface area contributed by atoms with Crippen molar-refractivity contribution in [2.45, 2.75) is 14.5 Å². The summed E-state index contributed by atoms with van der Waals surface area (Å²) in [5.74, 6) is 0.190. The number of aromatic nitrogens is 1. The Morgan fingerprint density at radius 2 is 1.89 bits per heavy atom. The number of carbonyl (C=O) groups excluding carboxylic acids is 1. The monoisotopic (exact) mass is 438 g/mol.